The molecule has 0 saturated carbocycles. The van der Waals surface area contributed by atoms with E-state index in [4.69, 9.17) is 16.0 Å². The highest BCUT2D eigenvalue weighted by atomic mass is 35.5. The molecule has 0 spiro atoms. The fourth-order valence-electron chi connectivity index (χ4n) is 2.40. The average molecular weight is 367 g/mol. The highest BCUT2D eigenvalue weighted by molar-refractivity contribution is 7.89. The molecule has 6 nitrogen and oxygen atoms in total. The third-order valence-corrected chi connectivity index (χ3v) is 5.57. The smallest absolute Gasteiger partial charge is 0.408 e. The molecule has 3 aromatic rings. The molecule has 8 heteroatoms. The number of fused-ring (bicyclic) bond motifs is 1. The number of hydrogen-bond acceptors (Lipinski definition) is 4. The molecule has 0 radical (unpaired) electrons. The van der Waals surface area contributed by atoms with Gasteiger partial charge >= 0.3 is 5.76 Å². The molecule has 24 heavy (non-hydrogen) atoms. The number of nitrogens with one attached hydrogen (secondary N) is 1. The average Bonchev–Trinajstić information content (AvgIpc) is 2.82. The van der Waals surface area contributed by atoms with Crippen LogP contribution in [0.15, 0.2) is 56.6 Å². The summed E-state index contributed by atoms with van der Waals surface area (Å²) in [4.78, 5) is 11.5. The quantitative estimate of drug-likeness (QED) is 0.769. The summed E-state index contributed by atoms with van der Waals surface area (Å²) in [5.41, 5.74) is 1.55. The SMILES string of the molecule is C[C@@H](NS(=O)(=O)c1ccc2c(c1)oc(=O)n2C)c1ccc(Cl)cc1. The van der Waals surface area contributed by atoms with Crippen molar-refractivity contribution in [1.29, 1.82) is 0 Å². The minimum atomic E-state index is -3.77. The van der Waals surface area contributed by atoms with Crippen LogP contribution in [-0.2, 0) is 17.1 Å². The van der Waals surface area contributed by atoms with Crippen molar-refractivity contribution in [2.45, 2.75) is 17.9 Å². The maximum Gasteiger partial charge on any atom is 0.419 e. The second-order valence-electron chi connectivity index (χ2n) is 5.45. The Morgan fingerprint density at radius 3 is 2.50 bits per heavy atom. The van der Waals surface area contributed by atoms with E-state index in [0.29, 0.717) is 10.5 Å². The van der Waals surface area contributed by atoms with Crippen LogP contribution >= 0.6 is 11.6 Å². The molecule has 0 aliphatic heterocycles. The van der Waals surface area contributed by atoms with Gasteiger partial charge in [0.1, 0.15) is 0 Å². The fraction of sp³-hybridized carbons (Fsp3) is 0.188. The highest BCUT2D eigenvalue weighted by Gasteiger charge is 2.20. The lowest BCUT2D eigenvalue weighted by molar-refractivity contribution is 0.527. The standard InChI is InChI=1S/C16H15ClN2O4S/c1-10(11-3-5-12(17)6-4-11)18-24(21,22)13-7-8-14-15(9-13)23-16(20)19(14)2/h3-10,18H,1-2H3/t10-/m1/s1. The third-order valence-electron chi connectivity index (χ3n) is 3.78. The summed E-state index contributed by atoms with van der Waals surface area (Å²) in [6.07, 6.45) is 0. The van der Waals surface area contributed by atoms with Gasteiger partial charge in [-0.2, -0.15) is 0 Å². The van der Waals surface area contributed by atoms with E-state index in [1.165, 1.54) is 16.7 Å². The maximum absolute atomic E-state index is 12.6. The van der Waals surface area contributed by atoms with Crippen LogP contribution in [0.25, 0.3) is 11.1 Å². The molecule has 1 heterocycles. The van der Waals surface area contributed by atoms with Crippen molar-refractivity contribution in [1.82, 2.24) is 9.29 Å². The molecule has 0 bridgehead atoms. The summed E-state index contributed by atoms with van der Waals surface area (Å²) in [5.74, 6) is -0.540. The zero-order valence-electron chi connectivity index (χ0n) is 13.0. The number of sulfonamides is 1. The van der Waals surface area contributed by atoms with Gasteiger partial charge in [0.05, 0.1) is 10.4 Å². The molecule has 0 unspecified atom stereocenters. The van der Waals surface area contributed by atoms with Gasteiger partial charge in [-0.15, -0.1) is 0 Å². The highest BCUT2D eigenvalue weighted by Crippen LogP contribution is 2.21. The van der Waals surface area contributed by atoms with E-state index in [0.717, 1.165) is 5.56 Å². The fourth-order valence-corrected chi connectivity index (χ4v) is 3.77. The number of halogens is 1. The number of benzene rings is 2. The third kappa shape index (κ3) is 3.10. The van der Waals surface area contributed by atoms with Gasteiger partial charge < -0.3 is 4.42 Å². The molecule has 1 atom stereocenters. The first-order valence-electron chi connectivity index (χ1n) is 7.15. The Labute approximate surface area is 143 Å². The summed E-state index contributed by atoms with van der Waals surface area (Å²) in [6.45, 7) is 1.74. The predicted molar refractivity (Wildman–Crippen MR) is 91.6 cm³/mol. The number of rotatable bonds is 4. The molecule has 3 rings (SSSR count). The van der Waals surface area contributed by atoms with Crippen LogP contribution in [0.4, 0.5) is 0 Å². The number of hydrogen-bond donors (Lipinski definition) is 1. The van der Waals surface area contributed by atoms with Gasteiger partial charge in [-0.25, -0.2) is 17.9 Å². The molecular formula is C16H15ClN2O4S. The molecule has 0 fully saturated rings. The Morgan fingerprint density at radius 2 is 1.83 bits per heavy atom. The lowest BCUT2D eigenvalue weighted by atomic mass is 10.1. The minimum Gasteiger partial charge on any atom is -0.408 e. The molecule has 0 saturated heterocycles. The Hall–Kier alpha value is -2.09. The molecule has 2 aromatic carbocycles. The van der Waals surface area contributed by atoms with Gasteiger partial charge in [0, 0.05) is 24.2 Å². The van der Waals surface area contributed by atoms with Crippen molar-refractivity contribution in [2.75, 3.05) is 0 Å². The van der Waals surface area contributed by atoms with Gasteiger partial charge in [0.2, 0.25) is 10.0 Å². The summed E-state index contributed by atoms with van der Waals surface area (Å²) in [6, 6.07) is 10.8. The van der Waals surface area contributed by atoms with E-state index >= 15 is 0 Å². The first kappa shape index (κ1) is 16.8. The van der Waals surface area contributed by atoms with E-state index in [9.17, 15) is 13.2 Å². The number of oxazole rings is 1. The van der Waals surface area contributed by atoms with Crippen LogP contribution in [0, 0.1) is 0 Å². The second-order valence-corrected chi connectivity index (χ2v) is 7.60. The summed E-state index contributed by atoms with van der Waals surface area (Å²) in [7, 11) is -2.21. The van der Waals surface area contributed by atoms with E-state index in [2.05, 4.69) is 4.72 Å². The lowest BCUT2D eigenvalue weighted by Gasteiger charge is -2.14. The van der Waals surface area contributed by atoms with Crippen molar-refractivity contribution in [2.24, 2.45) is 7.05 Å². The van der Waals surface area contributed by atoms with Gasteiger partial charge in [-0.05, 0) is 36.8 Å². The Kier molecular flexibility index (Phi) is 4.25. The Morgan fingerprint density at radius 1 is 1.17 bits per heavy atom. The van der Waals surface area contributed by atoms with Gasteiger partial charge in [-0.1, -0.05) is 23.7 Å². The van der Waals surface area contributed by atoms with Crippen molar-refractivity contribution < 1.29 is 12.8 Å². The van der Waals surface area contributed by atoms with Gasteiger partial charge in [0.15, 0.2) is 5.58 Å². The van der Waals surface area contributed by atoms with Crippen molar-refractivity contribution >= 4 is 32.7 Å². The predicted octanol–water partition coefficient (Wildman–Crippen LogP) is 2.82. The molecule has 126 valence electrons. The molecular weight excluding hydrogens is 352 g/mol. The van der Waals surface area contributed by atoms with Gasteiger partial charge in [-0.3, -0.25) is 4.57 Å². The van der Waals surface area contributed by atoms with Crippen LogP contribution in [-0.4, -0.2) is 13.0 Å². The van der Waals surface area contributed by atoms with Crippen LogP contribution in [0.5, 0.6) is 0 Å². The number of nitrogens with zero attached hydrogens (tertiary/aromatic N) is 1. The first-order chi connectivity index (χ1) is 11.3. The lowest BCUT2D eigenvalue weighted by Crippen LogP contribution is -2.26. The van der Waals surface area contributed by atoms with Crippen molar-refractivity contribution in [3.63, 3.8) is 0 Å². The molecule has 0 amide bonds. The van der Waals surface area contributed by atoms with Crippen LogP contribution in [0.3, 0.4) is 0 Å². The maximum atomic E-state index is 12.6. The van der Waals surface area contributed by atoms with Crippen molar-refractivity contribution in [3.8, 4) is 0 Å². The number of aryl methyl sites for hydroxylation is 1. The molecule has 0 aliphatic rings. The monoisotopic (exact) mass is 366 g/mol. The van der Waals surface area contributed by atoms with Crippen LogP contribution < -0.4 is 10.5 Å². The molecule has 1 aromatic heterocycles. The summed E-state index contributed by atoms with van der Waals surface area (Å²) >= 11 is 5.84. The van der Waals surface area contributed by atoms with E-state index < -0.39 is 21.8 Å². The molecule has 1 N–H and O–H groups in total. The van der Waals surface area contributed by atoms with Crippen LogP contribution in [0.1, 0.15) is 18.5 Å². The largest absolute Gasteiger partial charge is 0.419 e. The van der Waals surface area contributed by atoms with Crippen molar-refractivity contribution in [3.05, 3.63) is 63.6 Å². The van der Waals surface area contributed by atoms with E-state index in [-0.39, 0.29) is 10.5 Å². The van der Waals surface area contributed by atoms with E-state index in [1.54, 1.807) is 44.3 Å². The van der Waals surface area contributed by atoms with Crippen LogP contribution in [0.2, 0.25) is 5.02 Å². The zero-order chi connectivity index (χ0) is 17.5. The van der Waals surface area contributed by atoms with Gasteiger partial charge in [0.25, 0.3) is 0 Å². The first-order valence-corrected chi connectivity index (χ1v) is 9.01. The summed E-state index contributed by atoms with van der Waals surface area (Å²) in [5, 5.41) is 0.582. The summed E-state index contributed by atoms with van der Waals surface area (Å²) < 4.78 is 34.1. The number of aromatic nitrogens is 1. The second kappa shape index (κ2) is 6.08. The zero-order valence-corrected chi connectivity index (χ0v) is 14.6. The Balaban J connectivity index is 1.92. The normalized spacial score (nSPS) is 13.3. The minimum absolute atomic E-state index is 0.0326. The topological polar surface area (TPSA) is 81.3 Å². The molecule has 0 aliphatic carbocycles. The van der Waals surface area contributed by atoms with E-state index in [1.807, 2.05) is 0 Å². The Bertz CT molecular complexity index is 1050.